The van der Waals surface area contributed by atoms with E-state index in [1.165, 1.54) is 19.2 Å². The van der Waals surface area contributed by atoms with E-state index in [2.05, 4.69) is 10.5 Å². The van der Waals surface area contributed by atoms with Gasteiger partial charge < -0.3 is 5.11 Å². The Balaban J connectivity index is 2.06. The molecular weight excluding hydrogens is 366 g/mol. The zero-order valence-corrected chi connectivity index (χ0v) is 16.5. The normalized spacial score (nSPS) is 12.3. The molecule has 0 aliphatic rings. The SMILES string of the molecule is C/C(=N\NC(=O)CN(C)S(=O)(=O)c1ccc(C)cc1)c1cc(C)ccc1O. The van der Waals surface area contributed by atoms with Crippen molar-refractivity contribution in [3.63, 3.8) is 0 Å². The van der Waals surface area contributed by atoms with Crippen molar-refractivity contribution in [1.29, 1.82) is 0 Å². The van der Waals surface area contributed by atoms with Gasteiger partial charge in [-0.1, -0.05) is 29.3 Å². The number of aromatic hydroxyl groups is 1. The predicted octanol–water partition coefficient (Wildman–Crippen LogP) is 2.17. The molecule has 2 N–H and O–H groups in total. The van der Waals surface area contributed by atoms with Gasteiger partial charge in [-0.25, -0.2) is 13.8 Å². The Kier molecular flexibility index (Phi) is 6.35. The molecule has 7 nitrogen and oxygen atoms in total. The topological polar surface area (TPSA) is 99.1 Å². The molecule has 0 unspecified atom stereocenters. The van der Waals surface area contributed by atoms with Crippen LogP contribution in [0.5, 0.6) is 5.75 Å². The van der Waals surface area contributed by atoms with Gasteiger partial charge in [0.05, 0.1) is 17.2 Å². The number of sulfonamides is 1. The second kappa shape index (κ2) is 8.32. The van der Waals surface area contributed by atoms with E-state index in [0.29, 0.717) is 11.3 Å². The number of carbonyl (C=O) groups excluding carboxylic acids is 1. The smallest absolute Gasteiger partial charge is 0.255 e. The Hall–Kier alpha value is -2.71. The van der Waals surface area contributed by atoms with Crippen LogP contribution >= 0.6 is 0 Å². The zero-order valence-electron chi connectivity index (χ0n) is 15.7. The zero-order chi connectivity index (χ0) is 20.2. The number of hydrogen-bond donors (Lipinski definition) is 2. The van der Waals surface area contributed by atoms with Gasteiger partial charge in [-0.05, 0) is 45.0 Å². The average molecular weight is 389 g/mol. The van der Waals surface area contributed by atoms with Gasteiger partial charge in [-0.3, -0.25) is 4.79 Å². The van der Waals surface area contributed by atoms with Gasteiger partial charge in [0.2, 0.25) is 10.0 Å². The van der Waals surface area contributed by atoms with Crippen molar-refractivity contribution in [2.75, 3.05) is 13.6 Å². The van der Waals surface area contributed by atoms with Crippen LogP contribution in [0.15, 0.2) is 52.5 Å². The largest absolute Gasteiger partial charge is 0.507 e. The first-order valence-electron chi connectivity index (χ1n) is 8.27. The molecule has 0 aliphatic carbocycles. The fourth-order valence-electron chi connectivity index (χ4n) is 2.36. The van der Waals surface area contributed by atoms with Crippen LogP contribution in [0.2, 0.25) is 0 Å². The number of phenols is 1. The minimum atomic E-state index is -3.77. The van der Waals surface area contributed by atoms with Gasteiger partial charge in [0.15, 0.2) is 0 Å². The Morgan fingerprint density at radius 3 is 2.33 bits per heavy atom. The lowest BCUT2D eigenvalue weighted by atomic mass is 10.1. The highest BCUT2D eigenvalue weighted by Gasteiger charge is 2.22. The summed E-state index contributed by atoms with van der Waals surface area (Å²) in [4.78, 5) is 12.2. The van der Waals surface area contributed by atoms with Crippen molar-refractivity contribution in [3.8, 4) is 5.75 Å². The Morgan fingerprint density at radius 1 is 1.11 bits per heavy atom. The van der Waals surface area contributed by atoms with Crippen molar-refractivity contribution in [3.05, 3.63) is 59.2 Å². The van der Waals surface area contributed by atoms with E-state index in [1.54, 1.807) is 37.3 Å². The quantitative estimate of drug-likeness (QED) is 0.584. The van der Waals surface area contributed by atoms with E-state index in [1.807, 2.05) is 13.8 Å². The van der Waals surface area contributed by atoms with Gasteiger partial charge in [0.25, 0.3) is 5.91 Å². The lowest BCUT2D eigenvalue weighted by molar-refractivity contribution is -0.121. The maximum Gasteiger partial charge on any atom is 0.255 e. The number of phenolic OH excluding ortho intramolecular Hbond substituents is 1. The van der Waals surface area contributed by atoms with Crippen LogP contribution < -0.4 is 5.43 Å². The highest BCUT2D eigenvalue weighted by molar-refractivity contribution is 7.89. The maximum absolute atomic E-state index is 12.5. The molecule has 2 aromatic carbocycles. The van der Waals surface area contributed by atoms with Crippen LogP contribution in [-0.2, 0) is 14.8 Å². The molecule has 2 rings (SSSR count). The van der Waals surface area contributed by atoms with E-state index in [4.69, 9.17) is 0 Å². The molecule has 2 aromatic rings. The highest BCUT2D eigenvalue weighted by atomic mass is 32.2. The standard InChI is InChI=1S/C19H23N3O4S/c1-13-5-8-16(9-6-13)27(25,26)22(4)12-19(24)21-20-15(3)17-11-14(2)7-10-18(17)23/h5-11,23H,12H2,1-4H3,(H,21,24)/b20-15+. The van der Waals surface area contributed by atoms with Gasteiger partial charge in [0, 0.05) is 12.6 Å². The van der Waals surface area contributed by atoms with E-state index in [0.717, 1.165) is 15.4 Å². The van der Waals surface area contributed by atoms with Gasteiger partial charge in [-0.2, -0.15) is 9.41 Å². The first kappa shape index (κ1) is 20.6. The minimum Gasteiger partial charge on any atom is -0.507 e. The third kappa shape index (κ3) is 5.15. The number of rotatable bonds is 6. The third-order valence-electron chi connectivity index (χ3n) is 3.99. The number of nitrogens with one attached hydrogen (secondary N) is 1. The summed E-state index contributed by atoms with van der Waals surface area (Å²) in [5, 5.41) is 13.8. The molecule has 0 radical (unpaired) electrons. The lowest BCUT2D eigenvalue weighted by Crippen LogP contribution is -2.36. The molecule has 0 saturated heterocycles. The van der Waals surface area contributed by atoms with Crippen LogP contribution in [0.1, 0.15) is 23.6 Å². The Labute approximate surface area is 159 Å². The molecule has 0 fully saturated rings. The summed E-state index contributed by atoms with van der Waals surface area (Å²) in [7, 11) is -2.44. The molecule has 0 bridgehead atoms. The fraction of sp³-hybridized carbons (Fsp3) is 0.263. The van der Waals surface area contributed by atoms with Crippen LogP contribution in [0, 0.1) is 13.8 Å². The summed E-state index contributed by atoms with van der Waals surface area (Å²) in [6.45, 7) is 4.99. The number of likely N-dealkylation sites (N-methyl/N-ethyl adjacent to an activating group) is 1. The highest BCUT2D eigenvalue weighted by Crippen LogP contribution is 2.19. The Morgan fingerprint density at radius 2 is 1.70 bits per heavy atom. The molecule has 0 aliphatic heterocycles. The van der Waals surface area contributed by atoms with Crippen molar-refractivity contribution in [1.82, 2.24) is 9.73 Å². The summed E-state index contributed by atoms with van der Waals surface area (Å²) in [5.41, 5.74) is 5.11. The summed E-state index contributed by atoms with van der Waals surface area (Å²) >= 11 is 0. The van der Waals surface area contributed by atoms with Gasteiger partial charge in [0.1, 0.15) is 5.75 Å². The molecule has 0 atom stereocenters. The summed E-state index contributed by atoms with van der Waals surface area (Å²) in [6, 6.07) is 11.5. The van der Waals surface area contributed by atoms with Crippen molar-refractivity contribution >= 4 is 21.6 Å². The van der Waals surface area contributed by atoms with E-state index in [9.17, 15) is 18.3 Å². The van der Waals surface area contributed by atoms with Crippen LogP contribution in [-0.4, -0.2) is 43.0 Å². The minimum absolute atomic E-state index is 0.0511. The molecule has 0 saturated carbocycles. The average Bonchev–Trinajstić information content (AvgIpc) is 2.62. The van der Waals surface area contributed by atoms with Gasteiger partial charge in [-0.15, -0.1) is 0 Å². The number of nitrogens with zero attached hydrogens (tertiary/aromatic N) is 2. The summed E-state index contributed by atoms with van der Waals surface area (Å²) in [5.74, 6) is -0.533. The van der Waals surface area contributed by atoms with Crippen molar-refractivity contribution in [2.24, 2.45) is 5.10 Å². The summed E-state index contributed by atoms with van der Waals surface area (Å²) in [6.07, 6.45) is 0. The molecule has 27 heavy (non-hydrogen) atoms. The lowest BCUT2D eigenvalue weighted by Gasteiger charge is -2.16. The molecule has 0 aromatic heterocycles. The number of hydrazone groups is 1. The van der Waals surface area contributed by atoms with Crippen LogP contribution in [0.3, 0.4) is 0 Å². The van der Waals surface area contributed by atoms with E-state index >= 15 is 0 Å². The number of amides is 1. The predicted molar refractivity (Wildman–Crippen MR) is 104 cm³/mol. The Bertz CT molecular complexity index is 967. The second-order valence-electron chi connectivity index (χ2n) is 6.33. The van der Waals surface area contributed by atoms with Gasteiger partial charge >= 0.3 is 0 Å². The maximum atomic E-state index is 12.5. The molecule has 1 amide bonds. The fourth-order valence-corrected chi connectivity index (χ4v) is 3.49. The molecular formula is C19H23N3O4S. The number of hydrogen-bond acceptors (Lipinski definition) is 5. The number of carbonyl (C=O) groups is 1. The molecule has 0 heterocycles. The number of aryl methyl sites for hydroxylation is 2. The third-order valence-corrected chi connectivity index (χ3v) is 5.80. The first-order valence-corrected chi connectivity index (χ1v) is 9.71. The van der Waals surface area contributed by atoms with E-state index in [-0.39, 0.29) is 17.2 Å². The van der Waals surface area contributed by atoms with Crippen molar-refractivity contribution in [2.45, 2.75) is 25.7 Å². The summed E-state index contributed by atoms with van der Waals surface area (Å²) < 4.78 is 26.0. The molecule has 8 heteroatoms. The van der Waals surface area contributed by atoms with E-state index < -0.39 is 15.9 Å². The molecule has 0 spiro atoms. The monoisotopic (exact) mass is 389 g/mol. The number of benzene rings is 2. The van der Waals surface area contributed by atoms with Crippen LogP contribution in [0.4, 0.5) is 0 Å². The van der Waals surface area contributed by atoms with Crippen LogP contribution in [0.25, 0.3) is 0 Å². The first-order chi connectivity index (χ1) is 12.6. The van der Waals surface area contributed by atoms with Crippen molar-refractivity contribution < 1.29 is 18.3 Å². The second-order valence-corrected chi connectivity index (χ2v) is 8.37. The molecule has 144 valence electrons.